The largest absolute Gasteiger partial charge is 0.339 e. The van der Waals surface area contributed by atoms with Crippen molar-refractivity contribution in [1.29, 1.82) is 0 Å². The standard InChI is InChI=1S/C14H15F2N3O.ClH/c15-10-4-3-9(7-11(10)16)8-12-18-13(19-20-12)14(17)5-1-2-6-14;/h3-4,7H,1-2,5-6,8,17H2;1H. The molecule has 0 aliphatic heterocycles. The zero-order chi connectivity index (χ0) is 14.2. The van der Waals surface area contributed by atoms with E-state index in [0.717, 1.165) is 37.8 Å². The number of rotatable bonds is 3. The molecule has 1 fully saturated rings. The van der Waals surface area contributed by atoms with Crippen LogP contribution in [-0.4, -0.2) is 10.1 Å². The van der Waals surface area contributed by atoms with Crippen LogP contribution in [0.5, 0.6) is 0 Å². The summed E-state index contributed by atoms with van der Waals surface area (Å²) >= 11 is 0. The highest BCUT2D eigenvalue weighted by Crippen LogP contribution is 2.34. The third-order valence-corrected chi connectivity index (χ3v) is 3.75. The van der Waals surface area contributed by atoms with Gasteiger partial charge in [-0.1, -0.05) is 24.1 Å². The number of benzene rings is 1. The lowest BCUT2D eigenvalue weighted by Gasteiger charge is -2.17. The van der Waals surface area contributed by atoms with Gasteiger partial charge >= 0.3 is 0 Å². The lowest BCUT2D eigenvalue weighted by Crippen LogP contribution is -2.34. The Bertz CT molecular complexity index is 626. The monoisotopic (exact) mass is 315 g/mol. The van der Waals surface area contributed by atoms with Gasteiger partial charge in [0.05, 0.1) is 12.0 Å². The number of nitrogens with zero attached hydrogens (tertiary/aromatic N) is 2. The smallest absolute Gasteiger partial charge is 0.231 e. The molecule has 0 bridgehead atoms. The van der Waals surface area contributed by atoms with Crippen molar-refractivity contribution in [3.05, 3.63) is 47.1 Å². The fraction of sp³-hybridized carbons (Fsp3) is 0.429. The normalized spacial score (nSPS) is 16.7. The molecule has 0 atom stereocenters. The molecule has 1 aromatic heterocycles. The molecule has 1 aliphatic rings. The minimum Gasteiger partial charge on any atom is -0.339 e. The second kappa shape index (κ2) is 6.07. The van der Waals surface area contributed by atoms with E-state index < -0.39 is 17.2 Å². The van der Waals surface area contributed by atoms with Crippen molar-refractivity contribution in [2.24, 2.45) is 5.73 Å². The summed E-state index contributed by atoms with van der Waals surface area (Å²) in [5.74, 6) is -0.879. The van der Waals surface area contributed by atoms with E-state index in [-0.39, 0.29) is 18.8 Å². The van der Waals surface area contributed by atoms with Gasteiger partial charge in [0.1, 0.15) is 0 Å². The van der Waals surface area contributed by atoms with Gasteiger partial charge in [-0.3, -0.25) is 0 Å². The number of nitrogens with two attached hydrogens (primary N) is 1. The topological polar surface area (TPSA) is 64.9 Å². The average Bonchev–Trinajstić information content (AvgIpc) is 3.04. The lowest BCUT2D eigenvalue weighted by atomic mass is 9.99. The summed E-state index contributed by atoms with van der Waals surface area (Å²) in [5, 5.41) is 3.93. The van der Waals surface area contributed by atoms with E-state index in [0.29, 0.717) is 17.3 Å². The Morgan fingerprint density at radius 1 is 1.19 bits per heavy atom. The van der Waals surface area contributed by atoms with E-state index in [4.69, 9.17) is 10.3 Å². The van der Waals surface area contributed by atoms with Crippen LogP contribution in [0.25, 0.3) is 0 Å². The van der Waals surface area contributed by atoms with E-state index in [1.807, 2.05) is 0 Å². The summed E-state index contributed by atoms with van der Waals surface area (Å²) in [6, 6.07) is 3.71. The predicted molar refractivity (Wildman–Crippen MR) is 75.0 cm³/mol. The third kappa shape index (κ3) is 3.22. The zero-order valence-electron chi connectivity index (χ0n) is 11.3. The van der Waals surface area contributed by atoms with Crippen LogP contribution in [0.2, 0.25) is 0 Å². The molecule has 3 rings (SSSR count). The molecule has 4 nitrogen and oxygen atoms in total. The molecule has 7 heteroatoms. The molecule has 1 saturated carbocycles. The van der Waals surface area contributed by atoms with Crippen molar-refractivity contribution in [3.63, 3.8) is 0 Å². The Labute approximate surface area is 127 Å². The van der Waals surface area contributed by atoms with Crippen molar-refractivity contribution in [3.8, 4) is 0 Å². The molecule has 0 amide bonds. The molecule has 114 valence electrons. The summed E-state index contributed by atoms with van der Waals surface area (Å²) in [4.78, 5) is 4.29. The molecular formula is C14H16ClF2N3O. The van der Waals surface area contributed by atoms with Crippen LogP contribution in [0, 0.1) is 11.6 Å². The molecule has 1 heterocycles. The number of halogens is 3. The lowest BCUT2D eigenvalue weighted by molar-refractivity contribution is 0.352. The van der Waals surface area contributed by atoms with Crippen molar-refractivity contribution < 1.29 is 13.3 Å². The van der Waals surface area contributed by atoms with Gasteiger partial charge in [-0.25, -0.2) is 8.78 Å². The summed E-state index contributed by atoms with van der Waals surface area (Å²) in [5.41, 5.74) is 6.31. The zero-order valence-corrected chi connectivity index (χ0v) is 12.1. The summed E-state index contributed by atoms with van der Waals surface area (Å²) < 4.78 is 31.1. The van der Waals surface area contributed by atoms with Crippen molar-refractivity contribution in [2.45, 2.75) is 37.6 Å². The van der Waals surface area contributed by atoms with E-state index in [9.17, 15) is 8.78 Å². The van der Waals surface area contributed by atoms with Crippen molar-refractivity contribution in [1.82, 2.24) is 10.1 Å². The summed E-state index contributed by atoms with van der Waals surface area (Å²) in [6.45, 7) is 0. The highest BCUT2D eigenvalue weighted by molar-refractivity contribution is 5.85. The Morgan fingerprint density at radius 3 is 2.57 bits per heavy atom. The molecule has 21 heavy (non-hydrogen) atoms. The van der Waals surface area contributed by atoms with E-state index in [1.54, 1.807) is 0 Å². The maximum Gasteiger partial charge on any atom is 0.231 e. The predicted octanol–water partition coefficient (Wildman–Crippen LogP) is 3.09. The van der Waals surface area contributed by atoms with Crippen molar-refractivity contribution >= 4 is 12.4 Å². The maximum absolute atomic E-state index is 13.1. The quantitative estimate of drug-likeness (QED) is 0.945. The molecule has 0 saturated heterocycles. The maximum atomic E-state index is 13.1. The molecule has 0 spiro atoms. The highest BCUT2D eigenvalue weighted by atomic mass is 35.5. The van der Waals surface area contributed by atoms with Crippen LogP contribution in [0.1, 0.15) is 43.0 Å². The number of hydrogen-bond donors (Lipinski definition) is 1. The molecule has 0 radical (unpaired) electrons. The van der Waals surface area contributed by atoms with Gasteiger partial charge < -0.3 is 10.3 Å². The van der Waals surface area contributed by atoms with Crippen LogP contribution < -0.4 is 5.73 Å². The second-order valence-corrected chi connectivity index (χ2v) is 5.30. The fourth-order valence-electron chi connectivity index (χ4n) is 2.58. The van der Waals surface area contributed by atoms with Gasteiger partial charge in [0, 0.05) is 0 Å². The fourth-order valence-corrected chi connectivity index (χ4v) is 2.58. The summed E-state index contributed by atoms with van der Waals surface area (Å²) in [6.07, 6.45) is 4.07. The van der Waals surface area contributed by atoms with Gasteiger partial charge in [-0.05, 0) is 30.5 Å². The molecule has 1 aromatic carbocycles. The van der Waals surface area contributed by atoms with Gasteiger partial charge in [0.25, 0.3) is 0 Å². The molecule has 2 aromatic rings. The van der Waals surface area contributed by atoms with Gasteiger partial charge in [-0.15, -0.1) is 12.4 Å². The first-order valence-corrected chi connectivity index (χ1v) is 6.63. The second-order valence-electron chi connectivity index (χ2n) is 5.30. The first kappa shape index (κ1) is 15.9. The van der Waals surface area contributed by atoms with Crippen LogP contribution in [-0.2, 0) is 12.0 Å². The molecule has 1 aliphatic carbocycles. The van der Waals surface area contributed by atoms with Gasteiger partial charge in [0.2, 0.25) is 5.89 Å². The van der Waals surface area contributed by atoms with Crippen LogP contribution in [0.3, 0.4) is 0 Å². The Balaban J connectivity index is 0.00000161. The highest BCUT2D eigenvalue weighted by Gasteiger charge is 2.35. The molecule has 0 unspecified atom stereocenters. The average molecular weight is 316 g/mol. The third-order valence-electron chi connectivity index (χ3n) is 3.75. The Kier molecular flexibility index (Phi) is 4.58. The van der Waals surface area contributed by atoms with Gasteiger partial charge in [-0.2, -0.15) is 4.98 Å². The molecular weight excluding hydrogens is 300 g/mol. The first-order valence-electron chi connectivity index (χ1n) is 6.63. The summed E-state index contributed by atoms with van der Waals surface area (Å²) in [7, 11) is 0. The molecule has 2 N–H and O–H groups in total. The number of hydrogen-bond acceptors (Lipinski definition) is 4. The van der Waals surface area contributed by atoms with Crippen LogP contribution in [0.4, 0.5) is 8.78 Å². The first-order chi connectivity index (χ1) is 9.57. The van der Waals surface area contributed by atoms with Crippen molar-refractivity contribution in [2.75, 3.05) is 0 Å². The van der Waals surface area contributed by atoms with Crippen LogP contribution in [0.15, 0.2) is 22.7 Å². The Hall–Kier alpha value is -1.53. The Morgan fingerprint density at radius 2 is 1.90 bits per heavy atom. The van der Waals surface area contributed by atoms with E-state index >= 15 is 0 Å². The van der Waals surface area contributed by atoms with Crippen LogP contribution >= 0.6 is 12.4 Å². The van der Waals surface area contributed by atoms with Gasteiger partial charge in [0.15, 0.2) is 17.5 Å². The SMILES string of the molecule is Cl.NC1(c2noc(Cc3ccc(F)c(F)c3)n2)CCCC1. The van der Waals surface area contributed by atoms with E-state index in [2.05, 4.69) is 10.1 Å². The van der Waals surface area contributed by atoms with E-state index in [1.165, 1.54) is 6.07 Å². The minimum atomic E-state index is -0.881. The minimum absolute atomic E-state index is 0. The number of aromatic nitrogens is 2.